The lowest BCUT2D eigenvalue weighted by Gasteiger charge is -2.28. The second kappa shape index (κ2) is 7.96. The molecule has 0 saturated carbocycles. The molecule has 0 amide bonds. The maximum Gasteiger partial charge on any atom is 0.0606 e. The molecule has 3 rings (SSSR count). The van der Waals surface area contributed by atoms with Crippen molar-refractivity contribution in [1.82, 2.24) is 10.2 Å². The SMILES string of the molecule is CN(CCO)c1[c]ccc(-c2cn[nH]c2)c1C(CN)c1ccccc1. The van der Waals surface area contributed by atoms with Crippen molar-refractivity contribution in [3.8, 4) is 11.1 Å². The fourth-order valence-electron chi connectivity index (χ4n) is 3.19. The summed E-state index contributed by atoms with van der Waals surface area (Å²) in [6.07, 6.45) is 3.69. The molecule has 3 aromatic rings. The minimum absolute atomic E-state index is 0.0275. The van der Waals surface area contributed by atoms with Crippen LogP contribution in [0.3, 0.4) is 0 Å². The fraction of sp³-hybridized carbons (Fsp3) is 0.250. The third-order valence-electron chi connectivity index (χ3n) is 4.43. The zero-order valence-electron chi connectivity index (χ0n) is 14.3. The Balaban J connectivity index is 2.20. The second-order valence-electron chi connectivity index (χ2n) is 5.98. The van der Waals surface area contributed by atoms with Crippen LogP contribution in [0, 0.1) is 6.07 Å². The lowest BCUT2D eigenvalue weighted by Crippen LogP contribution is -2.25. The first-order valence-electron chi connectivity index (χ1n) is 8.37. The van der Waals surface area contributed by atoms with Gasteiger partial charge >= 0.3 is 0 Å². The van der Waals surface area contributed by atoms with Crippen LogP contribution in [0.1, 0.15) is 17.0 Å². The van der Waals surface area contributed by atoms with Crippen molar-refractivity contribution in [3.05, 3.63) is 72.1 Å². The first-order valence-corrected chi connectivity index (χ1v) is 8.37. The van der Waals surface area contributed by atoms with Gasteiger partial charge in [0.15, 0.2) is 0 Å². The lowest BCUT2D eigenvalue weighted by molar-refractivity contribution is 0.304. The summed E-state index contributed by atoms with van der Waals surface area (Å²) in [4.78, 5) is 2.02. The van der Waals surface area contributed by atoms with Crippen molar-refractivity contribution in [2.45, 2.75) is 5.92 Å². The summed E-state index contributed by atoms with van der Waals surface area (Å²) < 4.78 is 0. The number of rotatable bonds is 7. The highest BCUT2D eigenvalue weighted by Gasteiger charge is 2.22. The molecule has 0 spiro atoms. The van der Waals surface area contributed by atoms with Gasteiger partial charge in [0.05, 0.1) is 12.8 Å². The monoisotopic (exact) mass is 335 g/mol. The Morgan fingerprint density at radius 1 is 1.28 bits per heavy atom. The van der Waals surface area contributed by atoms with Crippen LogP contribution in [0.15, 0.2) is 54.9 Å². The number of aliphatic hydroxyl groups excluding tert-OH is 1. The zero-order chi connectivity index (χ0) is 17.6. The number of nitrogens with zero attached hydrogens (tertiary/aromatic N) is 2. The third kappa shape index (κ3) is 3.57. The standard InChI is InChI=1S/C20H23N4O/c1-24(10-11-25)19-9-5-8-17(16-13-22-23-14-16)20(19)18(12-21)15-6-3-2-4-7-15/h2-8,13-14,18,25H,10-12,21H2,1H3,(H,22,23). The van der Waals surface area contributed by atoms with E-state index < -0.39 is 0 Å². The highest BCUT2D eigenvalue weighted by Crippen LogP contribution is 2.38. The molecule has 129 valence electrons. The van der Waals surface area contributed by atoms with Crippen LogP contribution in [0.25, 0.3) is 11.1 Å². The molecule has 1 unspecified atom stereocenters. The molecule has 4 N–H and O–H groups in total. The largest absolute Gasteiger partial charge is 0.395 e. The quantitative estimate of drug-likeness (QED) is 0.619. The first-order chi connectivity index (χ1) is 12.3. The normalized spacial score (nSPS) is 12.1. The summed E-state index contributed by atoms with van der Waals surface area (Å²) in [7, 11) is 1.96. The number of hydrogen-bond acceptors (Lipinski definition) is 4. The number of likely N-dealkylation sites (N-methyl/N-ethyl adjacent to an activating group) is 1. The number of aromatic amines is 1. The van der Waals surface area contributed by atoms with E-state index in [0.717, 1.165) is 27.9 Å². The van der Waals surface area contributed by atoms with Gasteiger partial charge in [-0.05, 0) is 16.7 Å². The van der Waals surface area contributed by atoms with Crippen molar-refractivity contribution in [1.29, 1.82) is 0 Å². The Morgan fingerprint density at radius 2 is 2.08 bits per heavy atom. The summed E-state index contributed by atoms with van der Waals surface area (Å²) in [6.45, 7) is 1.09. The van der Waals surface area contributed by atoms with Crippen molar-refractivity contribution < 1.29 is 5.11 Å². The van der Waals surface area contributed by atoms with E-state index in [1.807, 2.05) is 54.7 Å². The van der Waals surface area contributed by atoms with Gasteiger partial charge in [0.1, 0.15) is 0 Å². The maximum absolute atomic E-state index is 9.36. The number of aliphatic hydroxyl groups is 1. The van der Waals surface area contributed by atoms with Gasteiger partial charge in [-0.2, -0.15) is 5.10 Å². The van der Waals surface area contributed by atoms with Crippen LogP contribution in [0.5, 0.6) is 0 Å². The van der Waals surface area contributed by atoms with Gasteiger partial charge < -0.3 is 15.7 Å². The van der Waals surface area contributed by atoms with Crippen molar-refractivity contribution >= 4 is 5.69 Å². The Bertz CT molecular complexity index is 787. The van der Waals surface area contributed by atoms with Crippen LogP contribution in [-0.4, -0.2) is 42.0 Å². The number of anilines is 1. The molecule has 1 aromatic heterocycles. The Kier molecular flexibility index (Phi) is 5.48. The summed E-state index contributed by atoms with van der Waals surface area (Å²) in [5.41, 5.74) is 11.5. The molecule has 2 aromatic carbocycles. The molecule has 0 saturated heterocycles. The fourth-order valence-corrected chi connectivity index (χ4v) is 3.19. The molecular weight excluding hydrogens is 312 g/mol. The molecule has 0 aliphatic rings. The molecule has 1 atom stereocenters. The van der Waals surface area contributed by atoms with E-state index in [1.165, 1.54) is 0 Å². The number of hydrogen-bond donors (Lipinski definition) is 3. The van der Waals surface area contributed by atoms with Gasteiger partial charge in [-0.15, -0.1) is 0 Å². The Labute approximate surface area is 148 Å². The molecule has 5 heteroatoms. The van der Waals surface area contributed by atoms with Crippen LogP contribution in [0.2, 0.25) is 0 Å². The first kappa shape index (κ1) is 17.2. The number of nitrogens with two attached hydrogens (primary N) is 1. The highest BCUT2D eigenvalue weighted by molar-refractivity contribution is 5.75. The molecule has 0 aliphatic heterocycles. The molecule has 5 nitrogen and oxygen atoms in total. The van der Waals surface area contributed by atoms with Gasteiger partial charge in [0, 0.05) is 49.6 Å². The number of H-pyrrole nitrogens is 1. The van der Waals surface area contributed by atoms with Gasteiger partial charge in [-0.1, -0.05) is 42.5 Å². The van der Waals surface area contributed by atoms with Crippen molar-refractivity contribution in [2.24, 2.45) is 5.73 Å². The van der Waals surface area contributed by atoms with Crippen LogP contribution in [-0.2, 0) is 0 Å². The molecule has 1 heterocycles. The van der Waals surface area contributed by atoms with E-state index in [4.69, 9.17) is 5.73 Å². The summed E-state index contributed by atoms with van der Waals surface area (Å²) in [6, 6.07) is 17.5. The summed E-state index contributed by atoms with van der Waals surface area (Å²) >= 11 is 0. The summed E-state index contributed by atoms with van der Waals surface area (Å²) in [5, 5.41) is 16.3. The zero-order valence-corrected chi connectivity index (χ0v) is 14.3. The predicted octanol–water partition coefficient (Wildman–Crippen LogP) is 2.40. The van der Waals surface area contributed by atoms with Crippen LogP contribution < -0.4 is 10.6 Å². The Hall–Kier alpha value is -2.63. The van der Waals surface area contributed by atoms with E-state index in [0.29, 0.717) is 13.1 Å². The van der Waals surface area contributed by atoms with E-state index >= 15 is 0 Å². The number of nitrogens with one attached hydrogen (secondary N) is 1. The average Bonchev–Trinajstić information content (AvgIpc) is 3.18. The smallest absolute Gasteiger partial charge is 0.0606 e. The summed E-state index contributed by atoms with van der Waals surface area (Å²) in [5.74, 6) is 0.0275. The molecule has 0 bridgehead atoms. The topological polar surface area (TPSA) is 78.2 Å². The van der Waals surface area contributed by atoms with Gasteiger partial charge in [-0.3, -0.25) is 5.10 Å². The molecular formula is C20H23N4O. The maximum atomic E-state index is 9.36. The molecule has 0 fully saturated rings. The van der Waals surface area contributed by atoms with E-state index in [2.05, 4.69) is 28.4 Å². The van der Waals surface area contributed by atoms with Gasteiger partial charge in [0.2, 0.25) is 0 Å². The minimum atomic E-state index is 0.0275. The number of aromatic nitrogens is 2. The molecule has 1 radical (unpaired) electrons. The Morgan fingerprint density at radius 3 is 2.72 bits per heavy atom. The van der Waals surface area contributed by atoms with Gasteiger partial charge in [-0.25, -0.2) is 0 Å². The third-order valence-corrected chi connectivity index (χ3v) is 4.43. The van der Waals surface area contributed by atoms with Crippen LogP contribution in [0.4, 0.5) is 5.69 Å². The van der Waals surface area contributed by atoms with Crippen molar-refractivity contribution in [2.75, 3.05) is 31.6 Å². The minimum Gasteiger partial charge on any atom is -0.395 e. The van der Waals surface area contributed by atoms with E-state index in [9.17, 15) is 5.11 Å². The highest BCUT2D eigenvalue weighted by atomic mass is 16.3. The predicted molar refractivity (Wildman–Crippen MR) is 101 cm³/mol. The molecule has 0 aliphatic carbocycles. The van der Waals surface area contributed by atoms with E-state index in [1.54, 1.807) is 0 Å². The molecule has 25 heavy (non-hydrogen) atoms. The van der Waals surface area contributed by atoms with Gasteiger partial charge in [0.25, 0.3) is 0 Å². The van der Waals surface area contributed by atoms with Crippen molar-refractivity contribution in [3.63, 3.8) is 0 Å². The van der Waals surface area contributed by atoms with E-state index in [-0.39, 0.29) is 12.5 Å². The second-order valence-corrected chi connectivity index (χ2v) is 5.98. The average molecular weight is 335 g/mol. The number of benzene rings is 2. The lowest BCUT2D eigenvalue weighted by atomic mass is 9.85. The van der Waals surface area contributed by atoms with Crippen LogP contribution >= 0.6 is 0 Å².